The van der Waals surface area contributed by atoms with Crippen molar-refractivity contribution in [3.8, 4) is 5.75 Å². The number of hydrogen-bond donors (Lipinski definition) is 2. The highest BCUT2D eigenvalue weighted by Crippen LogP contribution is 2.39. The molecule has 2 aromatic rings. The van der Waals surface area contributed by atoms with Gasteiger partial charge in [0, 0.05) is 37.2 Å². The Morgan fingerprint density at radius 2 is 1.84 bits per heavy atom. The number of benzene rings is 1. The highest BCUT2D eigenvalue weighted by molar-refractivity contribution is 5.98. The molecule has 204 valence electrons. The van der Waals surface area contributed by atoms with E-state index < -0.39 is 0 Å². The fourth-order valence-electron chi connectivity index (χ4n) is 5.88. The van der Waals surface area contributed by atoms with Gasteiger partial charge in [-0.3, -0.25) is 9.59 Å². The molecule has 1 saturated carbocycles. The third kappa shape index (κ3) is 5.41. The van der Waals surface area contributed by atoms with Crippen LogP contribution in [0.4, 0.5) is 23.1 Å². The number of amides is 2. The summed E-state index contributed by atoms with van der Waals surface area (Å²) in [6.45, 7) is 4.07. The molecule has 0 radical (unpaired) electrons. The molecule has 2 aliphatic heterocycles. The first-order valence-corrected chi connectivity index (χ1v) is 13.7. The zero-order valence-electron chi connectivity index (χ0n) is 22.9. The van der Waals surface area contributed by atoms with Gasteiger partial charge < -0.3 is 30.1 Å². The molecule has 1 atom stereocenters. The van der Waals surface area contributed by atoms with Crippen molar-refractivity contribution in [1.29, 1.82) is 0 Å². The van der Waals surface area contributed by atoms with Gasteiger partial charge in [-0.25, -0.2) is 4.98 Å². The number of aromatic nitrogens is 2. The van der Waals surface area contributed by atoms with Crippen molar-refractivity contribution in [1.82, 2.24) is 20.2 Å². The topological polar surface area (TPSA) is 103 Å². The predicted molar refractivity (Wildman–Crippen MR) is 149 cm³/mol. The molecule has 1 saturated heterocycles. The molecule has 1 aromatic heterocycles. The number of likely N-dealkylation sites (tertiary alicyclic amines) is 1. The SMILES string of the molecule is COc1cc(C(=O)NC2CCN(C)CC2)ccc1Nc1ncc2c(n1)N(C1CCCC1)[C@H](C)CC(=O)N2C. The van der Waals surface area contributed by atoms with Crippen LogP contribution in [0.15, 0.2) is 24.4 Å². The van der Waals surface area contributed by atoms with Gasteiger partial charge in [0.15, 0.2) is 5.82 Å². The molecule has 2 fully saturated rings. The number of methoxy groups -OCH3 is 1. The van der Waals surface area contributed by atoms with Crippen molar-refractivity contribution < 1.29 is 14.3 Å². The average molecular weight is 522 g/mol. The molecule has 1 aromatic carbocycles. The zero-order chi connectivity index (χ0) is 26.8. The van der Waals surface area contributed by atoms with Crippen LogP contribution in [0.5, 0.6) is 5.75 Å². The Kier molecular flexibility index (Phi) is 7.69. The monoisotopic (exact) mass is 521 g/mol. The lowest BCUT2D eigenvalue weighted by atomic mass is 10.0. The van der Waals surface area contributed by atoms with Gasteiger partial charge in [-0.15, -0.1) is 0 Å². The summed E-state index contributed by atoms with van der Waals surface area (Å²) >= 11 is 0. The first kappa shape index (κ1) is 26.2. The molecule has 10 nitrogen and oxygen atoms in total. The molecule has 3 aliphatic rings. The van der Waals surface area contributed by atoms with Crippen LogP contribution in [0.3, 0.4) is 0 Å². The van der Waals surface area contributed by atoms with Crippen molar-refractivity contribution in [2.75, 3.05) is 49.4 Å². The molecule has 10 heteroatoms. The molecule has 3 heterocycles. The van der Waals surface area contributed by atoms with Crippen LogP contribution in [0, 0.1) is 0 Å². The highest BCUT2D eigenvalue weighted by Gasteiger charge is 2.35. The van der Waals surface area contributed by atoms with Crippen LogP contribution in [-0.4, -0.2) is 79.1 Å². The number of rotatable bonds is 6. The summed E-state index contributed by atoms with van der Waals surface area (Å²) in [6, 6.07) is 5.96. The Bertz CT molecular complexity index is 1180. The number of hydrogen-bond acceptors (Lipinski definition) is 8. The maximum atomic E-state index is 12.9. The van der Waals surface area contributed by atoms with Crippen molar-refractivity contribution in [2.45, 2.75) is 70.0 Å². The van der Waals surface area contributed by atoms with E-state index >= 15 is 0 Å². The molecule has 0 unspecified atom stereocenters. The Morgan fingerprint density at radius 3 is 2.55 bits per heavy atom. The second-order valence-electron chi connectivity index (χ2n) is 10.8. The van der Waals surface area contributed by atoms with Gasteiger partial charge in [0.2, 0.25) is 11.9 Å². The standard InChI is InChI=1S/C28H39N7O3/c1-18-15-25(36)34(3)23-17-29-28(32-26(23)35(18)21-7-5-6-8-21)31-22-10-9-19(16-24(22)38-4)27(37)30-20-11-13-33(2)14-12-20/h9-10,16-18,20-21H,5-8,11-15H2,1-4H3,(H,30,37)(H,29,31,32)/t18-/m1/s1. The lowest BCUT2D eigenvalue weighted by Crippen LogP contribution is -2.43. The molecule has 0 spiro atoms. The van der Waals surface area contributed by atoms with E-state index in [2.05, 4.69) is 39.4 Å². The number of carbonyl (C=O) groups excluding carboxylic acids is 2. The number of piperidine rings is 1. The molecular formula is C28H39N7O3. The maximum Gasteiger partial charge on any atom is 0.251 e. The van der Waals surface area contributed by atoms with Crippen LogP contribution < -0.4 is 25.2 Å². The molecule has 1 aliphatic carbocycles. The molecular weight excluding hydrogens is 482 g/mol. The minimum absolute atomic E-state index is 0.0499. The summed E-state index contributed by atoms with van der Waals surface area (Å²) in [5, 5.41) is 6.44. The average Bonchev–Trinajstić information content (AvgIpc) is 3.41. The number of nitrogens with zero attached hydrogens (tertiary/aromatic N) is 5. The Hall–Kier alpha value is -3.40. The van der Waals surface area contributed by atoms with Crippen LogP contribution in [0.1, 0.15) is 62.2 Å². The zero-order valence-corrected chi connectivity index (χ0v) is 22.9. The van der Waals surface area contributed by atoms with E-state index in [1.807, 2.05) is 6.07 Å². The van der Waals surface area contributed by atoms with E-state index in [1.54, 1.807) is 37.4 Å². The van der Waals surface area contributed by atoms with E-state index in [1.165, 1.54) is 12.8 Å². The molecule has 2 amide bonds. The molecule has 2 N–H and O–H groups in total. The molecule has 5 rings (SSSR count). The third-order valence-electron chi connectivity index (χ3n) is 8.16. The van der Waals surface area contributed by atoms with Crippen LogP contribution in [0.2, 0.25) is 0 Å². The normalized spacial score (nSPS) is 21.3. The number of ether oxygens (including phenoxy) is 1. The number of anilines is 4. The van der Waals surface area contributed by atoms with Crippen molar-refractivity contribution >= 4 is 35.0 Å². The number of fused-ring (bicyclic) bond motifs is 1. The van der Waals surface area contributed by atoms with Gasteiger partial charge in [-0.2, -0.15) is 4.98 Å². The Morgan fingerprint density at radius 1 is 1.11 bits per heavy atom. The van der Waals surface area contributed by atoms with E-state index in [-0.39, 0.29) is 23.9 Å². The minimum Gasteiger partial charge on any atom is -0.495 e. The lowest BCUT2D eigenvalue weighted by Gasteiger charge is -2.34. The second-order valence-corrected chi connectivity index (χ2v) is 10.8. The fourth-order valence-corrected chi connectivity index (χ4v) is 5.88. The Labute approximate surface area is 224 Å². The molecule has 0 bridgehead atoms. The predicted octanol–water partition coefficient (Wildman–Crippen LogP) is 3.56. The summed E-state index contributed by atoms with van der Waals surface area (Å²) < 4.78 is 5.63. The third-order valence-corrected chi connectivity index (χ3v) is 8.16. The van der Waals surface area contributed by atoms with Gasteiger partial charge in [0.25, 0.3) is 5.91 Å². The van der Waals surface area contributed by atoms with Crippen LogP contribution in [0.25, 0.3) is 0 Å². The summed E-state index contributed by atoms with van der Waals surface area (Å²) in [7, 11) is 5.48. The van der Waals surface area contributed by atoms with E-state index in [9.17, 15) is 9.59 Å². The first-order valence-electron chi connectivity index (χ1n) is 13.7. The van der Waals surface area contributed by atoms with E-state index in [4.69, 9.17) is 9.72 Å². The summed E-state index contributed by atoms with van der Waals surface area (Å²) in [6.07, 6.45) is 8.65. The summed E-state index contributed by atoms with van der Waals surface area (Å²) in [5.41, 5.74) is 1.95. The second kappa shape index (κ2) is 11.1. The van der Waals surface area contributed by atoms with Gasteiger partial charge in [0.05, 0.1) is 19.0 Å². The molecule has 38 heavy (non-hydrogen) atoms. The number of carbonyl (C=O) groups is 2. The maximum absolute atomic E-state index is 12.9. The van der Waals surface area contributed by atoms with Gasteiger partial charge in [-0.1, -0.05) is 12.8 Å². The van der Waals surface area contributed by atoms with Gasteiger partial charge in [0.1, 0.15) is 11.4 Å². The number of nitrogens with one attached hydrogen (secondary N) is 2. The summed E-state index contributed by atoms with van der Waals surface area (Å²) in [5.74, 6) is 1.71. The fraction of sp³-hybridized carbons (Fsp3) is 0.571. The van der Waals surface area contributed by atoms with Crippen molar-refractivity contribution in [3.05, 3.63) is 30.0 Å². The summed E-state index contributed by atoms with van der Waals surface area (Å²) in [4.78, 5) is 41.4. The largest absolute Gasteiger partial charge is 0.495 e. The minimum atomic E-state index is -0.0976. The van der Waals surface area contributed by atoms with E-state index in [0.717, 1.165) is 50.3 Å². The van der Waals surface area contributed by atoms with Gasteiger partial charge >= 0.3 is 0 Å². The van der Waals surface area contributed by atoms with Crippen molar-refractivity contribution in [3.63, 3.8) is 0 Å². The first-order chi connectivity index (χ1) is 18.3. The van der Waals surface area contributed by atoms with Crippen LogP contribution >= 0.6 is 0 Å². The van der Waals surface area contributed by atoms with Crippen LogP contribution in [-0.2, 0) is 4.79 Å². The van der Waals surface area contributed by atoms with Gasteiger partial charge in [-0.05, 0) is 70.9 Å². The quantitative estimate of drug-likeness (QED) is 0.595. The Balaban J connectivity index is 1.38. The van der Waals surface area contributed by atoms with E-state index in [0.29, 0.717) is 35.4 Å². The van der Waals surface area contributed by atoms with Crippen molar-refractivity contribution in [2.24, 2.45) is 0 Å². The smallest absolute Gasteiger partial charge is 0.251 e. The lowest BCUT2D eigenvalue weighted by molar-refractivity contribution is -0.118. The highest BCUT2D eigenvalue weighted by atomic mass is 16.5.